The molecule has 68 heavy (non-hydrogen) atoms. The van der Waals surface area contributed by atoms with Crippen LogP contribution in [0.1, 0.15) is 0 Å². The maximum atomic E-state index is 5.25. The fraction of sp³-hybridized carbons (Fsp3) is 0. The normalized spacial score (nSPS) is 11.5. The molecule has 0 bridgehead atoms. The monoisotopic (exact) mass is 868 g/mol. The van der Waals surface area contributed by atoms with Crippen molar-refractivity contribution in [3.05, 3.63) is 243 Å². The molecule has 0 N–H and O–H groups in total. The van der Waals surface area contributed by atoms with Gasteiger partial charge < -0.3 is 9.13 Å². The standard InChI is InChI=1S/C62H40N6/c1-3-17-41(18-4-1)43-21-15-22-44(35-43)45-33-34-50(59(38-45)68-57-31-13-9-27-53(57)54-28-10-14-32-58(54)68)47-36-48(40-63-39-47)62-65-60(42-19-5-2-6-20-42)64-61(66-62)46-23-16-24-49(37-46)67-55-29-11-7-25-51(55)52-26-8-12-30-56(52)67/h1-40H. The second kappa shape index (κ2) is 16.3. The third-order valence-electron chi connectivity index (χ3n) is 13.0. The quantitative estimate of drug-likeness (QED) is 0.153. The molecule has 0 aliphatic heterocycles. The Morgan fingerprint density at radius 2 is 0.691 bits per heavy atom. The molecule has 13 aromatic rings. The van der Waals surface area contributed by atoms with Gasteiger partial charge in [-0.05, 0) is 76.9 Å². The Morgan fingerprint density at radius 1 is 0.265 bits per heavy atom. The van der Waals surface area contributed by atoms with Gasteiger partial charge in [0.05, 0.1) is 27.8 Å². The van der Waals surface area contributed by atoms with E-state index in [1.165, 1.54) is 32.7 Å². The van der Waals surface area contributed by atoms with Crippen molar-refractivity contribution in [3.8, 4) is 78.9 Å². The molecule has 0 radical (unpaired) electrons. The first-order valence-electron chi connectivity index (χ1n) is 22.9. The van der Waals surface area contributed by atoms with E-state index in [0.29, 0.717) is 17.5 Å². The zero-order chi connectivity index (χ0) is 45.0. The van der Waals surface area contributed by atoms with Gasteiger partial charge in [-0.25, -0.2) is 15.0 Å². The van der Waals surface area contributed by atoms with Gasteiger partial charge in [-0.15, -0.1) is 0 Å². The zero-order valence-corrected chi connectivity index (χ0v) is 36.8. The van der Waals surface area contributed by atoms with Gasteiger partial charge in [0.2, 0.25) is 0 Å². The predicted octanol–water partition coefficient (Wildman–Crippen LogP) is 15.5. The Morgan fingerprint density at radius 3 is 1.31 bits per heavy atom. The number of nitrogens with zero attached hydrogens (tertiary/aromatic N) is 6. The van der Waals surface area contributed by atoms with Crippen molar-refractivity contribution in [2.75, 3.05) is 0 Å². The van der Waals surface area contributed by atoms with E-state index >= 15 is 0 Å². The van der Waals surface area contributed by atoms with Gasteiger partial charge in [0.25, 0.3) is 0 Å². The second-order valence-electron chi connectivity index (χ2n) is 17.1. The number of benzene rings is 9. The molecule has 0 saturated carbocycles. The first-order valence-corrected chi connectivity index (χ1v) is 22.9. The molecule has 0 unspecified atom stereocenters. The molecule has 9 aromatic carbocycles. The summed E-state index contributed by atoms with van der Waals surface area (Å²) in [6.07, 6.45) is 3.80. The van der Waals surface area contributed by atoms with Crippen molar-refractivity contribution in [1.82, 2.24) is 29.1 Å². The van der Waals surface area contributed by atoms with E-state index in [4.69, 9.17) is 19.9 Å². The second-order valence-corrected chi connectivity index (χ2v) is 17.1. The summed E-state index contributed by atoms with van der Waals surface area (Å²) in [7, 11) is 0. The molecular formula is C62H40N6. The van der Waals surface area contributed by atoms with E-state index in [0.717, 1.165) is 72.4 Å². The number of pyridine rings is 1. The van der Waals surface area contributed by atoms with Crippen molar-refractivity contribution in [2.24, 2.45) is 0 Å². The number of para-hydroxylation sites is 4. The topological polar surface area (TPSA) is 61.4 Å². The number of hydrogen-bond acceptors (Lipinski definition) is 4. The summed E-state index contributed by atoms with van der Waals surface area (Å²) in [5, 5.41) is 4.82. The highest BCUT2D eigenvalue weighted by Crippen LogP contribution is 2.40. The SMILES string of the molecule is c1ccc(-c2cccc(-c3ccc(-c4cncc(-c5nc(-c6ccccc6)nc(-c6cccc(-n7c8ccccc8c8ccccc87)c6)n5)c4)c(-n4c5ccccc5c5ccccc54)c3)c2)cc1. The lowest BCUT2D eigenvalue weighted by Crippen LogP contribution is -2.02. The molecule has 6 heteroatoms. The number of rotatable bonds is 8. The molecule has 0 spiro atoms. The fourth-order valence-electron chi connectivity index (χ4n) is 9.88. The van der Waals surface area contributed by atoms with E-state index in [9.17, 15) is 0 Å². The van der Waals surface area contributed by atoms with Crippen LogP contribution in [0.5, 0.6) is 0 Å². The van der Waals surface area contributed by atoms with Crippen LogP contribution in [0, 0.1) is 0 Å². The molecule has 4 heterocycles. The van der Waals surface area contributed by atoms with Gasteiger partial charge in [-0.2, -0.15) is 0 Å². The summed E-state index contributed by atoms with van der Waals surface area (Å²) < 4.78 is 4.72. The summed E-state index contributed by atoms with van der Waals surface area (Å²) in [4.78, 5) is 20.5. The van der Waals surface area contributed by atoms with E-state index < -0.39 is 0 Å². The summed E-state index contributed by atoms with van der Waals surface area (Å²) in [6.45, 7) is 0. The van der Waals surface area contributed by atoms with Crippen LogP contribution in [0.3, 0.4) is 0 Å². The van der Waals surface area contributed by atoms with Crippen LogP contribution in [0.2, 0.25) is 0 Å². The number of hydrogen-bond donors (Lipinski definition) is 0. The summed E-state index contributed by atoms with van der Waals surface area (Å²) in [5.74, 6) is 1.71. The molecule has 0 atom stereocenters. The summed E-state index contributed by atoms with van der Waals surface area (Å²) >= 11 is 0. The van der Waals surface area contributed by atoms with E-state index in [-0.39, 0.29) is 0 Å². The number of fused-ring (bicyclic) bond motifs is 6. The van der Waals surface area contributed by atoms with Gasteiger partial charge in [-0.1, -0.05) is 176 Å². The highest BCUT2D eigenvalue weighted by molar-refractivity contribution is 6.10. The number of aromatic nitrogens is 6. The minimum absolute atomic E-state index is 0.540. The molecule has 13 rings (SSSR count). The fourth-order valence-corrected chi connectivity index (χ4v) is 9.88. The average Bonchev–Trinajstić information content (AvgIpc) is 3.94. The molecule has 0 aliphatic rings. The largest absolute Gasteiger partial charge is 0.309 e. The lowest BCUT2D eigenvalue weighted by molar-refractivity contribution is 1.07. The molecule has 0 fully saturated rings. The third kappa shape index (κ3) is 6.74. The van der Waals surface area contributed by atoms with E-state index in [2.05, 4.69) is 209 Å². The van der Waals surface area contributed by atoms with Crippen LogP contribution < -0.4 is 0 Å². The molecule has 4 aromatic heterocycles. The molecule has 0 amide bonds. The maximum Gasteiger partial charge on any atom is 0.165 e. The van der Waals surface area contributed by atoms with E-state index in [1.807, 2.05) is 42.7 Å². The predicted molar refractivity (Wildman–Crippen MR) is 279 cm³/mol. The first-order chi connectivity index (χ1) is 33.7. The lowest BCUT2D eigenvalue weighted by Gasteiger charge is -2.17. The molecular weight excluding hydrogens is 829 g/mol. The van der Waals surface area contributed by atoms with Crippen LogP contribution in [-0.2, 0) is 0 Å². The summed E-state index contributed by atoms with van der Waals surface area (Å²) in [5.41, 5.74) is 15.8. The van der Waals surface area contributed by atoms with Crippen molar-refractivity contribution in [2.45, 2.75) is 0 Å². The highest BCUT2D eigenvalue weighted by atomic mass is 15.0. The van der Waals surface area contributed by atoms with Gasteiger partial charge in [0.1, 0.15) is 0 Å². The van der Waals surface area contributed by atoms with Gasteiger partial charge in [0.15, 0.2) is 17.5 Å². The van der Waals surface area contributed by atoms with Gasteiger partial charge in [0, 0.05) is 67.4 Å². The van der Waals surface area contributed by atoms with Crippen LogP contribution in [0.15, 0.2) is 243 Å². The molecule has 6 nitrogen and oxygen atoms in total. The lowest BCUT2D eigenvalue weighted by atomic mass is 9.95. The Balaban J connectivity index is 0.979. The van der Waals surface area contributed by atoms with Crippen molar-refractivity contribution < 1.29 is 0 Å². The van der Waals surface area contributed by atoms with Crippen molar-refractivity contribution >= 4 is 43.6 Å². The molecule has 318 valence electrons. The Hall–Kier alpha value is -9.26. The zero-order valence-electron chi connectivity index (χ0n) is 36.8. The summed E-state index contributed by atoms with van der Waals surface area (Å²) in [6, 6.07) is 81.4. The minimum atomic E-state index is 0.540. The van der Waals surface area contributed by atoms with Gasteiger partial charge >= 0.3 is 0 Å². The van der Waals surface area contributed by atoms with Crippen LogP contribution in [0.4, 0.5) is 0 Å². The Labute approximate surface area is 392 Å². The van der Waals surface area contributed by atoms with Crippen LogP contribution in [-0.4, -0.2) is 29.1 Å². The smallest absolute Gasteiger partial charge is 0.165 e. The van der Waals surface area contributed by atoms with Crippen LogP contribution in [0.25, 0.3) is 123 Å². The molecule has 0 aliphatic carbocycles. The average molecular weight is 869 g/mol. The maximum absolute atomic E-state index is 5.25. The minimum Gasteiger partial charge on any atom is -0.309 e. The third-order valence-corrected chi connectivity index (χ3v) is 13.0. The van der Waals surface area contributed by atoms with Crippen molar-refractivity contribution in [1.29, 1.82) is 0 Å². The Bertz CT molecular complexity index is 3930. The Kier molecular flexibility index (Phi) is 9.39. The van der Waals surface area contributed by atoms with E-state index in [1.54, 1.807) is 0 Å². The molecule has 0 saturated heterocycles. The van der Waals surface area contributed by atoms with Crippen LogP contribution >= 0.6 is 0 Å². The van der Waals surface area contributed by atoms with Crippen molar-refractivity contribution in [3.63, 3.8) is 0 Å². The van der Waals surface area contributed by atoms with Gasteiger partial charge in [-0.3, -0.25) is 4.98 Å². The highest BCUT2D eigenvalue weighted by Gasteiger charge is 2.20. The first kappa shape index (κ1) is 39.1.